The zero-order valence-corrected chi connectivity index (χ0v) is 20.4. The summed E-state index contributed by atoms with van der Waals surface area (Å²) in [7, 11) is 0. The maximum Gasteiger partial charge on any atom is 0.407 e. The second-order valence-corrected chi connectivity index (χ2v) is 9.51. The van der Waals surface area contributed by atoms with E-state index in [1.807, 2.05) is 6.07 Å². The normalized spacial score (nSPS) is 18.0. The molecule has 0 bridgehead atoms. The van der Waals surface area contributed by atoms with Gasteiger partial charge in [0.05, 0.1) is 10.5 Å². The molecule has 3 amide bonds. The van der Waals surface area contributed by atoms with E-state index in [4.69, 9.17) is 14.6 Å². The highest BCUT2D eigenvalue weighted by Crippen LogP contribution is 2.34. The molecule has 1 aromatic carbocycles. The molecule has 3 heterocycles. The van der Waals surface area contributed by atoms with Crippen LogP contribution in [0.5, 0.6) is 17.5 Å². The van der Waals surface area contributed by atoms with Crippen molar-refractivity contribution in [2.45, 2.75) is 45.8 Å². The van der Waals surface area contributed by atoms with E-state index in [1.54, 1.807) is 45.0 Å². The first-order chi connectivity index (χ1) is 16.7. The second kappa shape index (κ2) is 10.3. The number of carbonyl (C=O) groups is 3. The number of imide groups is 1. The summed E-state index contributed by atoms with van der Waals surface area (Å²) in [5.74, 6) is 0.922. The molecule has 2 aliphatic heterocycles. The quantitative estimate of drug-likeness (QED) is 0.572. The molecule has 0 radical (unpaired) electrons. The van der Waals surface area contributed by atoms with Gasteiger partial charge in [0.2, 0.25) is 11.8 Å². The molecule has 2 fully saturated rings. The maximum absolute atomic E-state index is 12.6. The number of carbonyl (C=O) groups excluding carboxylic acids is 2. The zero-order chi connectivity index (χ0) is 25.1. The summed E-state index contributed by atoms with van der Waals surface area (Å²) in [5.41, 5.74) is 1.33. The molecule has 0 aliphatic carbocycles. The number of thioether (sulfide) groups is 1. The molecule has 4 rings (SSSR count). The number of nitrogens with zero attached hydrogens (tertiary/aromatic N) is 4. The average Bonchev–Trinajstić information content (AvgIpc) is 3.10. The molecule has 2 saturated heterocycles. The summed E-state index contributed by atoms with van der Waals surface area (Å²) in [4.78, 5) is 47.2. The van der Waals surface area contributed by atoms with Crippen molar-refractivity contribution in [1.29, 1.82) is 0 Å². The van der Waals surface area contributed by atoms with Gasteiger partial charge >= 0.3 is 6.09 Å². The second-order valence-electron chi connectivity index (χ2n) is 8.52. The van der Waals surface area contributed by atoms with Gasteiger partial charge in [-0.25, -0.2) is 14.8 Å². The Morgan fingerprint density at radius 2 is 1.91 bits per heavy atom. The van der Waals surface area contributed by atoms with Crippen LogP contribution in [0.15, 0.2) is 35.5 Å². The topological polar surface area (TPSA) is 122 Å². The first-order valence-electron chi connectivity index (χ1n) is 11.2. The SMILES string of the molecule is Cc1c(Oc2cccc(/C=C3\SC(=O)N(C(C)C)C3=O)c2)ncnc1OC1CCN(C(=O)O)CC1. The van der Waals surface area contributed by atoms with Crippen LogP contribution >= 0.6 is 11.8 Å². The van der Waals surface area contributed by atoms with Gasteiger partial charge < -0.3 is 19.5 Å². The van der Waals surface area contributed by atoms with Crippen LogP contribution in [0.4, 0.5) is 9.59 Å². The fraction of sp³-hybridized carbons (Fsp3) is 0.375. The number of benzene rings is 1. The molecule has 0 saturated carbocycles. The third kappa shape index (κ3) is 5.56. The van der Waals surface area contributed by atoms with Gasteiger partial charge in [-0.1, -0.05) is 12.1 Å². The minimum absolute atomic E-state index is 0.142. The van der Waals surface area contributed by atoms with Gasteiger partial charge in [-0.3, -0.25) is 14.5 Å². The van der Waals surface area contributed by atoms with E-state index >= 15 is 0 Å². The number of likely N-dealkylation sites (tertiary alicyclic amines) is 1. The number of hydrogen-bond acceptors (Lipinski definition) is 8. The summed E-state index contributed by atoms with van der Waals surface area (Å²) >= 11 is 0.922. The minimum Gasteiger partial charge on any atom is -0.474 e. The average molecular weight is 499 g/mol. The van der Waals surface area contributed by atoms with E-state index in [-0.39, 0.29) is 23.3 Å². The van der Waals surface area contributed by atoms with Gasteiger partial charge in [-0.2, -0.15) is 0 Å². The molecule has 2 aromatic rings. The Morgan fingerprint density at radius 1 is 1.20 bits per heavy atom. The van der Waals surface area contributed by atoms with Gasteiger partial charge in [0, 0.05) is 32.0 Å². The van der Waals surface area contributed by atoms with Crippen molar-refractivity contribution in [2.24, 2.45) is 0 Å². The van der Waals surface area contributed by atoms with E-state index in [1.165, 1.54) is 16.1 Å². The van der Waals surface area contributed by atoms with Gasteiger partial charge in [0.15, 0.2) is 0 Å². The first kappa shape index (κ1) is 24.5. The molecule has 11 heteroatoms. The number of aromatic nitrogens is 2. The van der Waals surface area contributed by atoms with E-state index < -0.39 is 6.09 Å². The summed E-state index contributed by atoms with van der Waals surface area (Å²) < 4.78 is 12.0. The molecule has 184 valence electrons. The highest BCUT2D eigenvalue weighted by Gasteiger charge is 2.36. The van der Waals surface area contributed by atoms with Crippen molar-refractivity contribution >= 4 is 35.1 Å². The Balaban J connectivity index is 1.46. The van der Waals surface area contributed by atoms with Crippen LogP contribution in [0, 0.1) is 6.92 Å². The van der Waals surface area contributed by atoms with Crippen LogP contribution in [0.1, 0.15) is 37.8 Å². The van der Waals surface area contributed by atoms with Crippen LogP contribution in [0.3, 0.4) is 0 Å². The molecular weight excluding hydrogens is 472 g/mol. The Bertz CT molecular complexity index is 1180. The minimum atomic E-state index is -0.921. The van der Waals surface area contributed by atoms with Crippen LogP contribution < -0.4 is 9.47 Å². The number of ether oxygens (including phenoxy) is 2. The molecule has 1 N–H and O–H groups in total. The molecule has 0 atom stereocenters. The van der Waals surface area contributed by atoms with Gasteiger partial charge in [0.1, 0.15) is 18.2 Å². The summed E-state index contributed by atoms with van der Waals surface area (Å²) in [6, 6.07) is 6.93. The number of amides is 3. The molecular formula is C24H26N4O6S. The monoisotopic (exact) mass is 498 g/mol. The van der Waals surface area contributed by atoms with Gasteiger partial charge in [-0.05, 0) is 56.3 Å². The van der Waals surface area contributed by atoms with Crippen molar-refractivity contribution in [2.75, 3.05) is 13.1 Å². The predicted octanol–water partition coefficient (Wildman–Crippen LogP) is 4.54. The molecule has 1 aromatic heterocycles. The van der Waals surface area contributed by atoms with Crippen molar-refractivity contribution in [1.82, 2.24) is 19.8 Å². The largest absolute Gasteiger partial charge is 0.474 e. The third-order valence-corrected chi connectivity index (χ3v) is 6.58. The lowest BCUT2D eigenvalue weighted by atomic mass is 10.1. The molecule has 35 heavy (non-hydrogen) atoms. The van der Waals surface area contributed by atoms with Crippen LogP contribution in [-0.4, -0.2) is 67.3 Å². The van der Waals surface area contributed by atoms with Crippen molar-refractivity contribution in [3.63, 3.8) is 0 Å². The Kier molecular flexibility index (Phi) is 7.25. The maximum atomic E-state index is 12.6. The number of piperidine rings is 1. The smallest absolute Gasteiger partial charge is 0.407 e. The summed E-state index contributed by atoms with van der Waals surface area (Å²) in [5, 5.41) is 8.83. The van der Waals surface area contributed by atoms with Gasteiger partial charge in [-0.15, -0.1) is 0 Å². The lowest BCUT2D eigenvalue weighted by Crippen LogP contribution is -2.41. The highest BCUT2D eigenvalue weighted by atomic mass is 32.2. The predicted molar refractivity (Wildman–Crippen MR) is 129 cm³/mol. The van der Waals surface area contributed by atoms with Crippen molar-refractivity contribution in [3.05, 3.63) is 46.6 Å². The molecule has 10 nitrogen and oxygen atoms in total. The van der Waals surface area contributed by atoms with E-state index in [0.717, 1.165) is 11.8 Å². The fourth-order valence-electron chi connectivity index (χ4n) is 3.82. The number of rotatable bonds is 6. The standard InChI is InChI=1S/C24H26N4O6S/c1-14(2)28-22(29)19(35-24(28)32)12-16-5-4-6-18(11-16)34-21-15(3)20(25-13-26-21)33-17-7-9-27(10-8-17)23(30)31/h4-6,11-14,17H,7-10H2,1-3H3,(H,30,31)/b19-12-. The molecule has 2 aliphatic rings. The van der Waals surface area contributed by atoms with Crippen LogP contribution in [-0.2, 0) is 4.79 Å². The van der Waals surface area contributed by atoms with Crippen LogP contribution in [0.25, 0.3) is 6.08 Å². The lowest BCUT2D eigenvalue weighted by Gasteiger charge is -2.30. The highest BCUT2D eigenvalue weighted by molar-refractivity contribution is 8.18. The Labute approximate surface area is 206 Å². The number of hydrogen-bond donors (Lipinski definition) is 1. The van der Waals surface area contributed by atoms with E-state index in [2.05, 4.69) is 9.97 Å². The van der Waals surface area contributed by atoms with Crippen molar-refractivity contribution in [3.8, 4) is 17.5 Å². The molecule has 0 spiro atoms. The molecule has 0 unspecified atom stereocenters. The zero-order valence-electron chi connectivity index (χ0n) is 19.6. The third-order valence-electron chi connectivity index (χ3n) is 5.69. The van der Waals surface area contributed by atoms with E-state index in [0.29, 0.717) is 59.5 Å². The van der Waals surface area contributed by atoms with Gasteiger partial charge in [0.25, 0.3) is 11.1 Å². The number of carboxylic acid groups (broad SMARTS) is 1. The van der Waals surface area contributed by atoms with E-state index in [9.17, 15) is 14.4 Å². The fourth-order valence-corrected chi connectivity index (χ4v) is 4.78. The Hall–Kier alpha value is -3.60. The van der Waals surface area contributed by atoms with Crippen molar-refractivity contribution < 1.29 is 29.0 Å². The lowest BCUT2D eigenvalue weighted by molar-refractivity contribution is -0.123. The Morgan fingerprint density at radius 3 is 2.57 bits per heavy atom. The summed E-state index contributed by atoms with van der Waals surface area (Å²) in [6.45, 7) is 6.22. The summed E-state index contributed by atoms with van der Waals surface area (Å²) in [6.07, 6.45) is 3.12. The van der Waals surface area contributed by atoms with Crippen LogP contribution in [0.2, 0.25) is 0 Å². The first-order valence-corrected chi connectivity index (χ1v) is 12.1.